The van der Waals surface area contributed by atoms with Gasteiger partial charge in [0.25, 0.3) is 0 Å². The molecule has 0 N–H and O–H groups in total. The van der Waals surface area contributed by atoms with Crippen molar-refractivity contribution in [3.05, 3.63) is 40.7 Å². The number of carbonyl (C=O) groups excluding carboxylic acids is 1. The zero-order valence-corrected chi connectivity index (χ0v) is 17.4. The largest absolute Gasteiger partial charge is 0.493 e. The summed E-state index contributed by atoms with van der Waals surface area (Å²) >= 11 is 0. The fourth-order valence-corrected chi connectivity index (χ4v) is 3.63. The molecule has 0 heterocycles. The van der Waals surface area contributed by atoms with Gasteiger partial charge in [-0.05, 0) is 67.4 Å². The minimum atomic E-state index is -0.916. The highest BCUT2D eigenvalue weighted by Gasteiger charge is 2.30. The fourth-order valence-electron chi connectivity index (χ4n) is 3.63. The summed E-state index contributed by atoms with van der Waals surface area (Å²) in [4.78, 5) is 12.0. The van der Waals surface area contributed by atoms with Crippen LogP contribution in [0.25, 0.3) is 11.1 Å². The monoisotopic (exact) mass is 374 g/mol. The van der Waals surface area contributed by atoms with E-state index in [2.05, 4.69) is 26.8 Å². The molecule has 0 bridgehead atoms. The van der Waals surface area contributed by atoms with Gasteiger partial charge in [0.2, 0.25) is 5.83 Å². The molecule has 1 aliphatic rings. The lowest BCUT2D eigenvalue weighted by Crippen LogP contribution is -2.22. The Bertz CT molecular complexity index is 772. The van der Waals surface area contributed by atoms with Crippen LogP contribution in [-0.2, 0) is 14.9 Å². The molecule has 0 amide bonds. The van der Waals surface area contributed by atoms with Crippen molar-refractivity contribution < 1.29 is 18.7 Å². The molecule has 2 rings (SSSR count). The van der Waals surface area contributed by atoms with E-state index in [1.165, 1.54) is 11.1 Å². The lowest BCUT2D eigenvalue weighted by Gasteiger charge is -2.33. The highest BCUT2D eigenvalue weighted by Crippen LogP contribution is 2.45. The zero-order valence-electron chi connectivity index (χ0n) is 17.4. The van der Waals surface area contributed by atoms with Crippen molar-refractivity contribution in [2.75, 3.05) is 13.2 Å². The molecule has 0 fully saturated rings. The minimum Gasteiger partial charge on any atom is -0.493 e. The van der Waals surface area contributed by atoms with Gasteiger partial charge in [0.05, 0.1) is 13.2 Å². The highest BCUT2D eigenvalue weighted by molar-refractivity contribution is 5.96. The van der Waals surface area contributed by atoms with E-state index in [4.69, 9.17) is 9.47 Å². The Hall–Kier alpha value is -2.10. The Kier molecular flexibility index (Phi) is 6.85. The van der Waals surface area contributed by atoms with Crippen molar-refractivity contribution in [2.45, 2.75) is 66.2 Å². The van der Waals surface area contributed by atoms with E-state index in [1.807, 2.05) is 26.0 Å². The summed E-state index contributed by atoms with van der Waals surface area (Å²) in [6.45, 7) is 12.6. The quantitative estimate of drug-likeness (QED) is 0.420. The van der Waals surface area contributed by atoms with E-state index in [0.717, 1.165) is 18.4 Å². The number of hydrogen-bond acceptors (Lipinski definition) is 3. The van der Waals surface area contributed by atoms with Gasteiger partial charge >= 0.3 is 5.97 Å². The number of esters is 1. The third-order valence-corrected chi connectivity index (χ3v) is 5.13. The summed E-state index contributed by atoms with van der Waals surface area (Å²) < 4.78 is 25.6. The molecule has 27 heavy (non-hydrogen) atoms. The molecule has 4 heteroatoms. The van der Waals surface area contributed by atoms with E-state index < -0.39 is 11.8 Å². The third-order valence-electron chi connectivity index (χ3n) is 5.13. The first-order chi connectivity index (χ1) is 12.8. The van der Waals surface area contributed by atoms with Crippen molar-refractivity contribution in [3.63, 3.8) is 0 Å². The number of benzene rings is 1. The first-order valence-electron chi connectivity index (χ1n) is 9.87. The average molecular weight is 374 g/mol. The fraction of sp³-hybridized carbons (Fsp3) is 0.522. The molecule has 1 aromatic carbocycles. The van der Waals surface area contributed by atoms with E-state index in [9.17, 15) is 9.18 Å². The predicted octanol–water partition coefficient (Wildman–Crippen LogP) is 6.21. The van der Waals surface area contributed by atoms with E-state index in [-0.39, 0.29) is 12.0 Å². The topological polar surface area (TPSA) is 35.5 Å². The maximum Gasteiger partial charge on any atom is 0.367 e. The third kappa shape index (κ3) is 4.26. The molecule has 3 nitrogen and oxygen atoms in total. The number of allylic oxidation sites excluding steroid dienone is 3. The van der Waals surface area contributed by atoms with Gasteiger partial charge in [-0.15, -0.1) is 0 Å². The minimum absolute atomic E-state index is 0.0197. The van der Waals surface area contributed by atoms with Crippen LogP contribution < -0.4 is 4.74 Å². The van der Waals surface area contributed by atoms with Crippen molar-refractivity contribution in [3.8, 4) is 5.75 Å². The van der Waals surface area contributed by atoms with Crippen LogP contribution in [0.15, 0.2) is 24.0 Å². The standard InChI is InChI=1S/C23H31FO3/c1-7-15-11-12-23(5,6)19-14-20(26-9-3)18(13-17(15)19)16(8-2)21(24)22(25)27-10-4/h11,13-14H,7-10,12H2,1-6H3/b21-16+. The van der Waals surface area contributed by atoms with E-state index >= 15 is 0 Å². The molecule has 1 aromatic rings. The number of halogens is 1. The maximum absolute atomic E-state index is 14.9. The van der Waals surface area contributed by atoms with E-state index in [1.54, 1.807) is 6.92 Å². The van der Waals surface area contributed by atoms with Gasteiger partial charge in [-0.2, -0.15) is 4.39 Å². The summed E-state index contributed by atoms with van der Waals surface area (Å²) in [5.74, 6) is -1.13. The van der Waals surface area contributed by atoms with Crippen LogP contribution in [0.5, 0.6) is 5.75 Å². The van der Waals surface area contributed by atoms with Gasteiger partial charge in [-0.1, -0.05) is 33.8 Å². The Morgan fingerprint density at radius 2 is 1.85 bits per heavy atom. The number of ether oxygens (including phenoxy) is 2. The van der Waals surface area contributed by atoms with Crippen molar-refractivity contribution in [1.82, 2.24) is 0 Å². The molecular weight excluding hydrogens is 343 g/mol. The first kappa shape index (κ1) is 21.2. The summed E-state index contributed by atoms with van der Waals surface area (Å²) in [5.41, 5.74) is 4.53. The van der Waals surface area contributed by atoms with Gasteiger partial charge in [-0.3, -0.25) is 0 Å². The molecule has 1 aliphatic carbocycles. The number of rotatable bonds is 7. The molecule has 0 radical (unpaired) electrons. The molecule has 148 valence electrons. The van der Waals surface area contributed by atoms with Crippen LogP contribution >= 0.6 is 0 Å². The lowest BCUT2D eigenvalue weighted by molar-refractivity contribution is -0.140. The van der Waals surface area contributed by atoms with Crippen LogP contribution in [0.1, 0.15) is 77.5 Å². The Balaban J connectivity index is 2.74. The maximum atomic E-state index is 14.9. The van der Waals surface area contributed by atoms with Crippen LogP contribution in [0.4, 0.5) is 4.39 Å². The van der Waals surface area contributed by atoms with Crippen LogP contribution in [0.2, 0.25) is 0 Å². The lowest BCUT2D eigenvalue weighted by atomic mass is 9.72. The number of carbonyl (C=O) groups is 1. The second-order valence-electron chi connectivity index (χ2n) is 7.36. The summed E-state index contributed by atoms with van der Waals surface area (Å²) in [6.07, 6.45) is 4.51. The molecule has 0 saturated heterocycles. The zero-order chi connectivity index (χ0) is 20.2. The molecule has 0 unspecified atom stereocenters. The predicted molar refractivity (Wildman–Crippen MR) is 108 cm³/mol. The van der Waals surface area contributed by atoms with Gasteiger partial charge in [0, 0.05) is 11.1 Å². The Morgan fingerprint density at radius 3 is 2.41 bits per heavy atom. The van der Waals surface area contributed by atoms with Crippen LogP contribution in [0.3, 0.4) is 0 Å². The molecule has 0 spiro atoms. The van der Waals surface area contributed by atoms with E-state index in [0.29, 0.717) is 29.9 Å². The summed E-state index contributed by atoms with van der Waals surface area (Å²) in [7, 11) is 0. The van der Waals surface area contributed by atoms with Gasteiger partial charge in [0.15, 0.2) is 0 Å². The Labute approximate surface area is 162 Å². The first-order valence-corrected chi connectivity index (χ1v) is 9.87. The molecule has 0 aromatic heterocycles. The van der Waals surface area contributed by atoms with Gasteiger partial charge < -0.3 is 9.47 Å². The van der Waals surface area contributed by atoms with Crippen LogP contribution in [0, 0.1) is 0 Å². The summed E-state index contributed by atoms with van der Waals surface area (Å²) in [5, 5.41) is 0. The van der Waals surface area contributed by atoms with Crippen molar-refractivity contribution >= 4 is 17.1 Å². The Morgan fingerprint density at radius 1 is 1.15 bits per heavy atom. The average Bonchev–Trinajstić information content (AvgIpc) is 2.63. The van der Waals surface area contributed by atoms with Crippen molar-refractivity contribution in [1.29, 1.82) is 0 Å². The highest BCUT2D eigenvalue weighted by atomic mass is 19.1. The van der Waals surface area contributed by atoms with Gasteiger partial charge in [0.1, 0.15) is 5.75 Å². The smallest absolute Gasteiger partial charge is 0.367 e. The number of fused-ring (bicyclic) bond motifs is 1. The second kappa shape index (κ2) is 8.73. The number of hydrogen-bond donors (Lipinski definition) is 0. The van der Waals surface area contributed by atoms with Crippen LogP contribution in [-0.4, -0.2) is 19.2 Å². The van der Waals surface area contributed by atoms with Gasteiger partial charge in [-0.25, -0.2) is 4.79 Å². The SMILES string of the molecule is CCOC(=O)/C(F)=C(/CC)c1cc2c(cc1OCC)C(C)(C)CC=C2CC. The molecule has 0 aliphatic heterocycles. The second-order valence-corrected chi connectivity index (χ2v) is 7.36. The normalized spacial score (nSPS) is 16.2. The van der Waals surface area contributed by atoms with Crippen molar-refractivity contribution in [2.24, 2.45) is 0 Å². The molecular formula is C23H31FO3. The molecule has 0 saturated carbocycles. The summed E-state index contributed by atoms with van der Waals surface area (Å²) in [6, 6.07) is 4.03. The molecule has 0 atom stereocenters.